The van der Waals surface area contributed by atoms with Gasteiger partial charge < -0.3 is 15.1 Å². The van der Waals surface area contributed by atoms with E-state index in [0.717, 1.165) is 5.76 Å². The Morgan fingerprint density at radius 3 is 2.69 bits per heavy atom. The molecule has 0 radical (unpaired) electrons. The average molecular weight is 224 g/mol. The number of carbonyl (C=O) groups excluding carboxylic acids is 1. The average Bonchev–Trinajstić information content (AvgIpc) is 2.66. The van der Waals surface area contributed by atoms with Gasteiger partial charge in [0.25, 0.3) is 0 Å². The number of hydrogen-bond acceptors (Lipinski definition) is 3. The Morgan fingerprint density at radius 2 is 2.19 bits per heavy atom. The first-order valence-corrected chi connectivity index (χ1v) is 5.46. The molecule has 0 aliphatic heterocycles. The first kappa shape index (κ1) is 12.8. The second kappa shape index (κ2) is 5.16. The van der Waals surface area contributed by atoms with Crippen molar-refractivity contribution in [1.29, 1.82) is 0 Å². The third-order valence-electron chi connectivity index (χ3n) is 2.13. The predicted molar refractivity (Wildman–Crippen MR) is 63.0 cm³/mol. The van der Waals surface area contributed by atoms with Crippen LogP contribution in [0.3, 0.4) is 0 Å². The van der Waals surface area contributed by atoms with E-state index in [1.807, 2.05) is 39.8 Å². The maximum Gasteiger partial charge on any atom is 0.234 e. The van der Waals surface area contributed by atoms with Crippen molar-refractivity contribution in [2.24, 2.45) is 0 Å². The van der Waals surface area contributed by atoms with Gasteiger partial charge in [-0.25, -0.2) is 0 Å². The molecular weight excluding hydrogens is 204 g/mol. The van der Waals surface area contributed by atoms with Crippen LogP contribution in [0.25, 0.3) is 0 Å². The predicted octanol–water partition coefficient (Wildman–Crippen LogP) is 1.84. The fraction of sp³-hybridized carbons (Fsp3) is 0.583. The first-order chi connectivity index (χ1) is 7.38. The van der Waals surface area contributed by atoms with Crippen LogP contribution >= 0.6 is 0 Å². The molecule has 4 heteroatoms. The maximum absolute atomic E-state index is 11.6. The van der Waals surface area contributed by atoms with Gasteiger partial charge in [-0.3, -0.25) is 4.79 Å². The highest BCUT2D eigenvalue weighted by Crippen LogP contribution is 2.11. The second-order valence-corrected chi connectivity index (χ2v) is 4.91. The van der Waals surface area contributed by atoms with E-state index in [0.29, 0.717) is 6.54 Å². The minimum atomic E-state index is -0.0933. The summed E-state index contributed by atoms with van der Waals surface area (Å²) in [6.07, 6.45) is 1.60. The van der Waals surface area contributed by atoms with Crippen LogP contribution in [0, 0.1) is 0 Å². The Hall–Kier alpha value is -1.29. The zero-order valence-electron chi connectivity index (χ0n) is 10.3. The Bertz CT molecular complexity index is 325. The highest BCUT2D eigenvalue weighted by atomic mass is 16.3. The summed E-state index contributed by atoms with van der Waals surface area (Å²) in [7, 11) is 0. The molecule has 0 aliphatic rings. The number of rotatable bonds is 4. The minimum Gasteiger partial charge on any atom is -0.467 e. The van der Waals surface area contributed by atoms with E-state index < -0.39 is 0 Å². The molecule has 1 atom stereocenters. The monoisotopic (exact) mass is 224 g/mol. The van der Waals surface area contributed by atoms with Crippen molar-refractivity contribution in [2.45, 2.75) is 39.3 Å². The molecule has 0 aromatic carbocycles. The van der Waals surface area contributed by atoms with Crippen molar-refractivity contribution < 1.29 is 9.21 Å². The quantitative estimate of drug-likeness (QED) is 0.820. The molecule has 0 bridgehead atoms. The zero-order chi connectivity index (χ0) is 12.2. The summed E-state index contributed by atoms with van der Waals surface area (Å²) in [5.41, 5.74) is -0.0503. The van der Waals surface area contributed by atoms with Crippen LogP contribution in [-0.2, 0) is 4.79 Å². The molecule has 0 saturated carbocycles. The molecular formula is C12H20N2O2. The van der Waals surface area contributed by atoms with Gasteiger partial charge in [-0.1, -0.05) is 0 Å². The highest BCUT2D eigenvalue weighted by molar-refractivity contribution is 5.78. The van der Waals surface area contributed by atoms with E-state index in [9.17, 15) is 4.79 Å². The van der Waals surface area contributed by atoms with Crippen molar-refractivity contribution in [3.05, 3.63) is 24.2 Å². The summed E-state index contributed by atoms with van der Waals surface area (Å²) < 4.78 is 5.21. The van der Waals surface area contributed by atoms with Crippen molar-refractivity contribution in [1.82, 2.24) is 10.6 Å². The molecule has 0 unspecified atom stereocenters. The van der Waals surface area contributed by atoms with Crippen molar-refractivity contribution in [2.75, 3.05) is 6.54 Å². The molecule has 2 N–H and O–H groups in total. The third kappa shape index (κ3) is 4.49. The summed E-state index contributed by atoms with van der Waals surface area (Å²) in [6.45, 7) is 8.28. The summed E-state index contributed by atoms with van der Waals surface area (Å²) in [4.78, 5) is 11.6. The van der Waals surface area contributed by atoms with Gasteiger partial charge in [0, 0.05) is 5.54 Å². The van der Waals surface area contributed by atoms with Gasteiger partial charge in [0.05, 0.1) is 18.8 Å². The van der Waals surface area contributed by atoms with Crippen molar-refractivity contribution in [3.63, 3.8) is 0 Å². The molecule has 1 heterocycles. The molecule has 90 valence electrons. The topological polar surface area (TPSA) is 54.3 Å². The molecule has 4 nitrogen and oxygen atoms in total. The Labute approximate surface area is 96.4 Å². The lowest BCUT2D eigenvalue weighted by Gasteiger charge is -2.20. The fourth-order valence-electron chi connectivity index (χ4n) is 1.25. The molecule has 1 aromatic heterocycles. The highest BCUT2D eigenvalue weighted by Gasteiger charge is 2.14. The number of hydrogen-bond donors (Lipinski definition) is 2. The van der Waals surface area contributed by atoms with Gasteiger partial charge in [-0.2, -0.15) is 0 Å². The van der Waals surface area contributed by atoms with Gasteiger partial charge in [0.15, 0.2) is 0 Å². The lowest BCUT2D eigenvalue weighted by molar-refractivity contribution is -0.121. The normalized spacial score (nSPS) is 13.5. The number of nitrogens with one attached hydrogen (secondary N) is 2. The summed E-state index contributed by atoms with van der Waals surface area (Å²) >= 11 is 0. The van der Waals surface area contributed by atoms with Crippen LogP contribution in [0.5, 0.6) is 0 Å². The maximum atomic E-state index is 11.6. The SMILES string of the molecule is C[C@H](NC(=O)CNC(C)(C)C)c1ccco1. The third-order valence-corrected chi connectivity index (χ3v) is 2.13. The summed E-state index contributed by atoms with van der Waals surface area (Å²) in [6, 6.07) is 3.57. The van der Waals surface area contributed by atoms with Crippen LogP contribution in [-0.4, -0.2) is 18.0 Å². The lowest BCUT2D eigenvalue weighted by Crippen LogP contribution is -2.43. The van der Waals surface area contributed by atoms with Crippen LogP contribution in [0.2, 0.25) is 0 Å². The standard InChI is InChI=1S/C12H20N2O2/c1-9(10-6-5-7-16-10)14-11(15)8-13-12(2,3)4/h5-7,9,13H,8H2,1-4H3,(H,14,15)/t9-/m0/s1. The van der Waals surface area contributed by atoms with E-state index in [1.54, 1.807) is 6.26 Å². The lowest BCUT2D eigenvalue weighted by atomic mass is 10.1. The molecule has 0 saturated heterocycles. The van der Waals surface area contributed by atoms with Crippen LogP contribution < -0.4 is 10.6 Å². The Kier molecular flexibility index (Phi) is 4.12. The largest absolute Gasteiger partial charge is 0.467 e. The molecule has 1 rings (SSSR count). The van der Waals surface area contributed by atoms with Crippen LogP contribution in [0.4, 0.5) is 0 Å². The number of carbonyl (C=O) groups is 1. The minimum absolute atomic E-state index is 0.0289. The van der Waals surface area contributed by atoms with Gasteiger partial charge in [-0.05, 0) is 39.8 Å². The van der Waals surface area contributed by atoms with E-state index in [2.05, 4.69) is 10.6 Å². The van der Waals surface area contributed by atoms with Gasteiger partial charge in [-0.15, -0.1) is 0 Å². The van der Waals surface area contributed by atoms with E-state index in [4.69, 9.17) is 4.42 Å². The van der Waals surface area contributed by atoms with Crippen LogP contribution in [0.15, 0.2) is 22.8 Å². The van der Waals surface area contributed by atoms with Crippen molar-refractivity contribution in [3.8, 4) is 0 Å². The van der Waals surface area contributed by atoms with Gasteiger partial charge >= 0.3 is 0 Å². The van der Waals surface area contributed by atoms with Gasteiger partial charge in [0.2, 0.25) is 5.91 Å². The van der Waals surface area contributed by atoms with Crippen LogP contribution in [0.1, 0.15) is 39.5 Å². The van der Waals surface area contributed by atoms with E-state index in [1.165, 1.54) is 0 Å². The fourth-order valence-corrected chi connectivity index (χ4v) is 1.25. The first-order valence-electron chi connectivity index (χ1n) is 5.46. The Balaban J connectivity index is 2.35. The molecule has 16 heavy (non-hydrogen) atoms. The molecule has 1 aromatic rings. The molecule has 0 aliphatic carbocycles. The molecule has 0 fully saturated rings. The number of amides is 1. The second-order valence-electron chi connectivity index (χ2n) is 4.91. The number of furan rings is 1. The molecule has 0 spiro atoms. The molecule has 1 amide bonds. The summed E-state index contributed by atoms with van der Waals surface area (Å²) in [5, 5.41) is 5.99. The smallest absolute Gasteiger partial charge is 0.234 e. The zero-order valence-corrected chi connectivity index (χ0v) is 10.3. The van der Waals surface area contributed by atoms with E-state index >= 15 is 0 Å². The van der Waals surface area contributed by atoms with Gasteiger partial charge in [0.1, 0.15) is 5.76 Å². The Morgan fingerprint density at radius 1 is 1.50 bits per heavy atom. The summed E-state index contributed by atoms with van der Waals surface area (Å²) in [5.74, 6) is 0.739. The van der Waals surface area contributed by atoms with Crippen molar-refractivity contribution >= 4 is 5.91 Å². The van der Waals surface area contributed by atoms with E-state index in [-0.39, 0.29) is 17.5 Å².